The molecule has 14 heavy (non-hydrogen) atoms. The number of carbonyl (C=O) groups excluding carboxylic acids is 1. The maximum atomic E-state index is 10.9. The van der Waals surface area contributed by atoms with Gasteiger partial charge in [0.25, 0.3) is 0 Å². The average Bonchev–Trinajstić information content (AvgIpc) is 2.70. The zero-order valence-corrected chi connectivity index (χ0v) is 11.7. The Bertz CT molecular complexity index is 215. The standard InChI is InChI=1S/C9H15NO2Se2/c1-12-8(11)4-7-14-9(13)10-5-2-3-6-10/h2-7H2,1H3. The Labute approximate surface area is 99.1 Å². The number of esters is 1. The molecule has 0 spiro atoms. The molecule has 0 aliphatic carbocycles. The van der Waals surface area contributed by atoms with Gasteiger partial charge in [-0.2, -0.15) is 0 Å². The van der Waals surface area contributed by atoms with Crippen molar-refractivity contribution in [1.29, 1.82) is 0 Å². The molecule has 0 atom stereocenters. The topological polar surface area (TPSA) is 29.5 Å². The van der Waals surface area contributed by atoms with Crippen LogP contribution < -0.4 is 0 Å². The normalized spacial score (nSPS) is 15.6. The van der Waals surface area contributed by atoms with Crippen LogP contribution in [0, 0.1) is 0 Å². The molecule has 0 aromatic heterocycles. The molecule has 3 nitrogen and oxygen atoms in total. The summed E-state index contributed by atoms with van der Waals surface area (Å²) < 4.78 is 5.96. The number of rotatable bonds is 5. The third kappa shape index (κ3) is 4.14. The van der Waals surface area contributed by atoms with Crippen molar-refractivity contribution in [2.24, 2.45) is 0 Å². The van der Waals surface area contributed by atoms with Crippen molar-refractivity contribution in [3.05, 3.63) is 0 Å². The molecule has 1 fully saturated rings. The van der Waals surface area contributed by atoms with Gasteiger partial charge in [-0.05, 0) is 0 Å². The van der Waals surface area contributed by atoms with Crippen LogP contribution in [-0.2, 0) is 9.53 Å². The Morgan fingerprint density at radius 3 is 2.71 bits per heavy atom. The second-order valence-corrected chi connectivity index (χ2v) is 7.53. The van der Waals surface area contributed by atoms with Crippen LogP contribution in [0.25, 0.3) is 0 Å². The zero-order valence-electron chi connectivity index (χ0n) is 8.32. The summed E-state index contributed by atoms with van der Waals surface area (Å²) in [5.74, 6) is -0.0962. The molecule has 1 aliphatic heterocycles. The van der Waals surface area contributed by atoms with Crippen LogP contribution in [0.2, 0.25) is 5.32 Å². The van der Waals surface area contributed by atoms with Gasteiger partial charge in [0.05, 0.1) is 0 Å². The summed E-state index contributed by atoms with van der Waals surface area (Å²) in [6, 6.07) is 0. The van der Waals surface area contributed by atoms with E-state index in [1.807, 2.05) is 0 Å². The van der Waals surface area contributed by atoms with E-state index in [4.69, 9.17) is 0 Å². The molecule has 0 unspecified atom stereocenters. The monoisotopic (exact) mass is 329 g/mol. The van der Waals surface area contributed by atoms with E-state index in [0.29, 0.717) is 21.4 Å². The molecule has 5 heteroatoms. The Kier molecular flexibility index (Phi) is 5.80. The molecule has 1 aliphatic rings. The summed E-state index contributed by atoms with van der Waals surface area (Å²) in [7, 11) is 1.44. The molecule has 80 valence electrons. The molecular formula is C9H15NO2Se2. The first kappa shape index (κ1) is 12.2. The van der Waals surface area contributed by atoms with Crippen molar-refractivity contribution in [2.45, 2.75) is 24.6 Å². The van der Waals surface area contributed by atoms with Crippen LogP contribution in [0.4, 0.5) is 0 Å². The molecule has 0 amide bonds. The van der Waals surface area contributed by atoms with Crippen LogP contribution in [0.3, 0.4) is 0 Å². The SMILES string of the molecule is COC(=O)CC[Se]C(=[Se])N1CCCC1. The van der Waals surface area contributed by atoms with Crippen molar-refractivity contribution in [1.82, 2.24) is 4.90 Å². The van der Waals surface area contributed by atoms with Crippen molar-refractivity contribution in [3.63, 3.8) is 0 Å². The molecule has 0 bridgehead atoms. The molecule has 1 heterocycles. The van der Waals surface area contributed by atoms with E-state index in [-0.39, 0.29) is 5.97 Å². The number of ether oxygens (including phenoxy) is 1. The molecule has 0 radical (unpaired) electrons. The minimum absolute atomic E-state index is 0.0962. The Morgan fingerprint density at radius 1 is 1.50 bits per heavy atom. The predicted molar refractivity (Wildman–Crippen MR) is 58.8 cm³/mol. The van der Waals surface area contributed by atoms with Crippen molar-refractivity contribution < 1.29 is 9.53 Å². The average molecular weight is 327 g/mol. The first-order valence-corrected chi connectivity index (χ1v) is 7.65. The van der Waals surface area contributed by atoms with Crippen LogP contribution in [0.1, 0.15) is 19.3 Å². The Morgan fingerprint density at radius 2 is 2.14 bits per heavy atom. The third-order valence-electron chi connectivity index (χ3n) is 2.12. The fraction of sp³-hybridized carbons (Fsp3) is 0.778. The summed E-state index contributed by atoms with van der Waals surface area (Å²) in [5.41, 5.74) is 0. The zero-order chi connectivity index (χ0) is 10.4. The van der Waals surface area contributed by atoms with Crippen LogP contribution in [-0.4, -0.2) is 65.0 Å². The van der Waals surface area contributed by atoms with Gasteiger partial charge >= 0.3 is 99.2 Å². The van der Waals surface area contributed by atoms with Gasteiger partial charge in [0.2, 0.25) is 0 Å². The van der Waals surface area contributed by atoms with Crippen LogP contribution in [0.5, 0.6) is 0 Å². The first-order valence-electron chi connectivity index (χ1n) is 4.72. The molecular weight excluding hydrogens is 312 g/mol. The van der Waals surface area contributed by atoms with Gasteiger partial charge in [-0.25, -0.2) is 0 Å². The molecule has 0 N–H and O–H groups in total. The van der Waals surface area contributed by atoms with E-state index in [1.54, 1.807) is 0 Å². The number of methoxy groups -OCH3 is 1. The summed E-state index contributed by atoms with van der Waals surface area (Å²) >= 11 is 3.54. The number of hydrogen-bond donors (Lipinski definition) is 0. The summed E-state index contributed by atoms with van der Waals surface area (Å²) in [6.07, 6.45) is 3.16. The van der Waals surface area contributed by atoms with Gasteiger partial charge in [-0.3, -0.25) is 0 Å². The van der Waals surface area contributed by atoms with Crippen LogP contribution >= 0.6 is 0 Å². The van der Waals surface area contributed by atoms with E-state index in [1.165, 1.54) is 36.5 Å². The van der Waals surface area contributed by atoms with Gasteiger partial charge in [-0.1, -0.05) is 0 Å². The second kappa shape index (κ2) is 6.62. The van der Waals surface area contributed by atoms with Crippen molar-refractivity contribution in [2.75, 3.05) is 20.2 Å². The molecule has 0 saturated carbocycles. The van der Waals surface area contributed by atoms with E-state index in [9.17, 15) is 4.79 Å². The van der Waals surface area contributed by atoms with Crippen molar-refractivity contribution in [3.8, 4) is 0 Å². The first-order chi connectivity index (χ1) is 6.74. The van der Waals surface area contributed by atoms with E-state index in [0.717, 1.165) is 5.32 Å². The number of carbonyl (C=O) groups is 1. The number of nitrogens with zero attached hydrogens (tertiary/aromatic N) is 1. The number of hydrogen-bond acceptors (Lipinski definition) is 3. The summed E-state index contributed by atoms with van der Waals surface area (Å²) in [4.78, 5) is 13.3. The minimum atomic E-state index is -0.0962. The van der Waals surface area contributed by atoms with Crippen LogP contribution in [0.15, 0.2) is 0 Å². The Balaban J connectivity index is 2.11. The Hall–Kier alpha value is 0.179. The van der Waals surface area contributed by atoms with Gasteiger partial charge in [-0.15, -0.1) is 0 Å². The molecule has 0 aromatic rings. The summed E-state index contributed by atoms with van der Waals surface area (Å²) in [6.45, 7) is 2.37. The predicted octanol–water partition coefficient (Wildman–Crippen LogP) is 0.0237. The van der Waals surface area contributed by atoms with Crippen molar-refractivity contribution >= 4 is 39.9 Å². The third-order valence-corrected chi connectivity index (χ3v) is 5.87. The van der Waals surface area contributed by atoms with Gasteiger partial charge in [0.1, 0.15) is 0 Å². The fourth-order valence-electron chi connectivity index (χ4n) is 1.31. The molecule has 1 rings (SSSR count). The molecule has 1 saturated heterocycles. The van der Waals surface area contributed by atoms with Gasteiger partial charge < -0.3 is 0 Å². The van der Waals surface area contributed by atoms with Gasteiger partial charge in [0.15, 0.2) is 0 Å². The number of likely N-dealkylation sites (tertiary alicyclic amines) is 1. The molecule has 0 aromatic carbocycles. The van der Waals surface area contributed by atoms with E-state index in [2.05, 4.69) is 25.2 Å². The maximum absolute atomic E-state index is 10.9. The quantitative estimate of drug-likeness (QED) is 0.527. The summed E-state index contributed by atoms with van der Waals surface area (Å²) in [5, 5.41) is 0.943. The van der Waals surface area contributed by atoms with E-state index >= 15 is 0 Å². The fourth-order valence-corrected chi connectivity index (χ4v) is 4.30. The van der Waals surface area contributed by atoms with E-state index < -0.39 is 0 Å². The van der Waals surface area contributed by atoms with Gasteiger partial charge in [0, 0.05) is 0 Å². The second-order valence-electron chi connectivity index (χ2n) is 3.13.